The van der Waals surface area contributed by atoms with Crippen molar-refractivity contribution in [3.63, 3.8) is 0 Å². The quantitative estimate of drug-likeness (QED) is 0.421. The van der Waals surface area contributed by atoms with Crippen molar-refractivity contribution in [3.05, 3.63) is 83.3 Å². The van der Waals surface area contributed by atoms with Gasteiger partial charge in [-0.15, -0.1) is 0 Å². The van der Waals surface area contributed by atoms with Gasteiger partial charge in [-0.05, 0) is 25.8 Å². The first-order valence-electron chi connectivity index (χ1n) is 11.7. The van der Waals surface area contributed by atoms with Gasteiger partial charge < -0.3 is 9.67 Å². The summed E-state index contributed by atoms with van der Waals surface area (Å²) in [5.41, 5.74) is 5.50. The van der Waals surface area contributed by atoms with Crippen LogP contribution in [0, 0.1) is 5.92 Å². The van der Waals surface area contributed by atoms with Gasteiger partial charge in [0.05, 0.1) is 5.41 Å². The highest BCUT2D eigenvalue weighted by atomic mass is 16.3. The Balaban J connectivity index is 1.63. The number of aryl methyl sites for hydroxylation is 1. The first-order chi connectivity index (χ1) is 15.7. The zero-order chi connectivity index (χ0) is 23.5. The number of carbonyl (C=O) groups excluding carboxylic acids is 1. The summed E-state index contributed by atoms with van der Waals surface area (Å²) in [6.07, 6.45) is 4.79. The maximum atomic E-state index is 13.3. The summed E-state index contributed by atoms with van der Waals surface area (Å²) in [6.45, 7) is 9.65. The normalized spacial score (nSPS) is 18.6. The van der Waals surface area contributed by atoms with Gasteiger partial charge in [-0.1, -0.05) is 56.0 Å². The standard InChI is InChI=1S/C29H30N2O2/c1-18(2)14-15-31-24-13-9-7-11-22(24)29(3,4)25(31)16-20-27(32)26(28(20)33)21-17-30(5)23-12-8-6-10-19(21)23/h6-13,16-18H,14-15H2,1-5H3. The molecular weight excluding hydrogens is 408 g/mol. The number of nitrogens with zero attached hydrogens (tertiary/aromatic N) is 2. The minimum atomic E-state index is -0.281. The average molecular weight is 439 g/mol. The molecular formula is C29H30N2O2. The summed E-state index contributed by atoms with van der Waals surface area (Å²) in [6, 6.07) is 16.3. The number of Topliss-reactive ketones (excluding diaryl/α,β-unsaturated/α-hetero) is 1. The minimum Gasteiger partial charge on any atom is -0.871 e. The van der Waals surface area contributed by atoms with Crippen molar-refractivity contribution in [1.82, 2.24) is 4.57 Å². The number of aromatic nitrogens is 1. The molecule has 5 rings (SSSR count). The molecule has 0 amide bonds. The van der Waals surface area contributed by atoms with Crippen molar-refractivity contribution in [2.24, 2.45) is 13.0 Å². The molecule has 168 valence electrons. The molecule has 0 spiro atoms. The predicted molar refractivity (Wildman–Crippen MR) is 132 cm³/mol. The van der Waals surface area contributed by atoms with E-state index in [1.807, 2.05) is 48.2 Å². The maximum Gasteiger partial charge on any atom is 0.209 e. The zero-order valence-corrected chi connectivity index (χ0v) is 20.0. The van der Waals surface area contributed by atoms with E-state index in [1.165, 1.54) is 11.3 Å². The molecule has 0 saturated carbocycles. The maximum absolute atomic E-state index is 13.3. The van der Waals surface area contributed by atoms with E-state index >= 15 is 0 Å². The molecule has 1 aliphatic carbocycles. The molecule has 0 fully saturated rings. The van der Waals surface area contributed by atoms with Gasteiger partial charge in [-0.3, -0.25) is 4.79 Å². The van der Waals surface area contributed by atoms with Crippen LogP contribution in [-0.2, 0) is 17.3 Å². The Morgan fingerprint density at radius 1 is 1.09 bits per heavy atom. The molecule has 2 heterocycles. The van der Waals surface area contributed by atoms with Crippen LogP contribution in [0.2, 0.25) is 0 Å². The Hall–Kier alpha value is -3.40. The van der Waals surface area contributed by atoms with Crippen LogP contribution in [-0.4, -0.2) is 27.2 Å². The molecule has 1 aliphatic heterocycles. The summed E-state index contributed by atoms with van der Waals surface area (Å²) in [5.74, 6) is 0.256. The van der Waals surface area contributed by atoms with Crippen LogP contribution in [0.5, 0.6) is 0 Å². The summed E-state index contributed by atoms with van der Waals surface area (Å²) < 4.78 is 4.28. The number of allylic oxidation sites excluding steroid dienone is 3. The number of ketones is 1. The zero-order valence-electron chi connectivity index (χ0n) is 20.0. The molecule has 0 bridgehead atoms. The van der Waals surface area contributed by atoms with Crippen LogP contribution >= 0.6 is 0 Å². The van der Waals surface area contributed by atoms with Gasteiger partial charge in [-0.2, -0.15) is 4.58 Å². The molecule has 0 unspecified atom stereocenters. The van der Waals surface area contributed by atoms with E-state index in [-0.39, 0.29) is 17.0 Å². The fraction of sp³-hybridized carbons (Fsp3) is 0.310. The van der Waals surface area contributed by atoms with E-state index < -0.39 is 0 Å². The first-order valence-corrected chi connectivity index (χ1v) is 11.7. The summed E-state index contributed by atoms with van der Waals surface area (Å²) in [7, 11) is 1.94. The van der Waals surface area contributed by atoms with E-state index in [0.717, 1.165) is 35.1 Å². The molecule has 0 radical (unpaired) electrons. The van der Waals surface area contributed by atoms with Gasteiger partial charge in [-0.25, -0.2) is 0 Å². The van der Waals surface area contributed by atoms with Crippen LogP contribution in [0.15, 0.2) is 72.1 Å². The van der Waals surface area contributed by atoms with Crippen LogP contribution < -0.4 is 5.11 Å². The smallest absolute Gasteiger partial charge is 0.209 e. The minimum absolute atomic E-state index is 0.153. The highest BCUT2D eigenvalue weighted by molar-refractivity contribution is 6.41. The topological polar surface area (TPSA) is 48.1 Å². The van der Waals surface area contributed by atoms with Crippen LogP contribution in [0.4, 0.5) is 5.69 Å². The SMILES string of the molecule is CC(C)CC[N+]1=C(/C=C2/C(=O)C(c3cn(C)c4ccccc34)=C2[O-])C(C)(C)c2ccccc21. The third-order valence-electron chi connectivity index (χ3n) is 7.12. The molecule has 3 aromatic rings. The Kier molecular flexibility index (Phi) is 4.93. The van der Waals surface area contributed by atoms with Crippen molar-refractivity contribution in [2.75, 3.05) is 6.54 Å². The number of para-hydroxylation sites is 2. The first kappa shape index (κ1) is 21.4. The molecule has 1 aromatic heterocycles. The number of fused-ring (bicyclic) bond motifs is 2. The molecule has 4 nitrogen and oxygen atoms in total. The molecule has 0 N–H and O–H groups in total. The van der Waals surface area contributed by atoms with Gasteiger partial charge in [0.25, 0.3) is 0 Å². The van der Waals surface area contributed by atoms with Crippen molar-refractivity contribution < 1.29 is 14.5 Å². The number of rotatable bonds is 5. The number of benzene rings is 2. The van der Waals surface area contributed by atoms with Crippen LogP contribution in [0.1, 0.15) is 45.2 Å². The Morgan fingerprint density at radius 2 is 1.79 bits per heavy atom. The van der Waals surface area contributed by atoms with E-state index in [1.54, 1.807) is 0 Å². The van der Waals surface area contributed by atoms with Crippen LogP contribution in [0.3, 0.4) is 0 Å². The Bertz CT molecular complexity index is 1400. The monoisotopic (exact) mass is 438 g/mol. The Morgan fingerprint density at radius 3 is 2.52 bits per heavy atom. The Labute approximate surface area is 195 Å². The second kappa shape index (κ2) is 7.58. The highest BCUT2D eigenvalue weighted by Gasteiger charge is 2.45. The molecule has 2 aliphatic rings. The fourth-order valence-electron chi connectivity index (χ4n) is 5.20. The van der Waals surface area contributed by atoms with Gasteiger partial charge in [0, 0.05) is 65.0 Å². The molecule has 2 aromatic carbocycles. The number of carbonyl (C=O) groups is 1. The van der Waals surface area contributed by atoms with Crippen molar-refractivity contribution in [3.8, 4) is 0 Å². The molecule has 0 saturated heterocycles. The molecule has 33 heavy (non-hydrogen) atoms. The summed E-state index contributed by atoms with van der Waals surface area (Å²) in [5, 5.41) is 14.2. The van der Waals surface area contributed by atoms with Gasteiger partial charge >= 0.3 is 0 Å². The van der Waals surface area contributed by atoms with Crippen molar-refractivity contribution >= 4 is 33.7 Å². The van der Waals surface area contributed by atoms with E-state index in [2.05, 4.69) is 56.5 Å². The van der Waals surface area contributed by atoms with Gasteiger partial charge in [0.15, 0.2) is 11.5 Å². The largest absolute Gasteiger partial charge is 0.871 e. The van der Waals surface area contributed by atoms with E-state index in [0.29, 0.717) is 17.1 Å². The number of hydrogen-bond donors (Lipinski definition) is 0. The highest BCUT2D eigenvalue weighted by Crippen LogP contribution is 2.43. The second-order valence-corrected chi connectivity index (χ2v) is 10.1. The summed E-state index contributed by atoms with van der Waals surface area (Å²) >= 11 is 0. The summed E-state index contributed by atoms with van der Waals surface area (Å²) in [4.78, 5) is 13.3. The average Bonchev–Trinajstić information content (AvgIpc) is 3.22. The van der Waals surface area contributed by atoms with E-state index in [4.69, 9.17) is 0 Å². The van der Waals surface area contributed by atoms with Gasteiger partial charge in [0.2, 0.25) is 5.69 Å². The lowest BCUT2D eigenvalue weighted by Gasteiger charge is -2.30. The predicted octanol–water partition coefficient (Wildman–Crippen LogP) is 4.88. The lowest BCUT2D eigenvalue weighted by atomic mass is 9.77. The number of hydrogen-bond acceptors (Lipinski definition) is 2. The molecule has 4 heteroatoms. The van der Waals surface area contributed by atoms with Gasteiger partial charge in [0.1, 0.15) is 6.54 Å². The lowest BCUT2D eigenvalue weighted by molar-refractivity contribution is -0.439. The second-order valence-electron chi connectivity index (χ2n) is 10.1. The van der Waals surface area contributed by atoms with E-state index in [9.17, 15) is 9.90 Å². The third kappa shape index (κ3) is 3.19. The van der Waals surface area contributed by atoms with Crippen LogP contribution in [0.25, 0.3) is 16.5 Å². The molecule has 0 atom stereocenters. The fourth-order valence-corrected chi connectivity index (χ4v) is 5.20. The van der Waals surface area contributed by atoms with Crippen molar-refractivity contribution in [1.29, 1.82) is 0 Å². The van der Waals surface area contributed by atoms with Crippen molar-refractivity contribution in [2.45, 2.75) is 39.5 Å². The lowest BCUT2D eigenvalue weighted by Crippen LogP contribution is -2.33. The third-order valence-corrected chi connectivity index (χ3v) is 7.12.